The summed E-state index contributed by atoms with van der Waals surface area (Å²) in [5, 5.41) is 10.3. The quantitative estimate of drug-likeness (QED) is 0.405. The lowest BCUT2D eigenvalue weighted by molar-refractivity contribution is 0.0955. The molecule has 0 saturated carbocycles. The van der Waals surface area contributed by atoms with Crippen molar-refractivity contribution in [3.05, 3.63) is 95.8 Å². The molecule has 0 aliphatic rings. The highest BCUT2D eigenvalue weighted by atomic mass is 16.5. The summed E-state index contributed by atoms with van der Waals surface area (Å²) in [5.41, 5.74) is 4.82. The van der Waals surface area contributed by atoms with E-state index in [2.05, 4.69) is 27.8 Å². The summed E-state index contributed by atoms with van der Waals surface area (Å²) >= 11 is 0. The van der Waals surface area contributed by atoms with Crippen molar-refractivity contribution in [3.8, 4) is 5.75 Å². The first-order chi connectivity index (χ1) is 14.2. The molecule has 0 spiro atoms. The van der Waals surface area contributed by atoms with Gasteiger partial charge in [-0.25, -0.2) is 5.43 Å². The second kappa shape index (κ2) is 8.39. The first-order valence-corrected chi connectivity index (χ1v) is 9.21. The van der Waals surface area contributed by atoms with Gasteiger partial charge in [0.05, 0.1) is 11.9 Å². The van der Waals surface area contributed by atoms with E-state index >= 15 is 0 Å². The molecule has 0 unspecified atom stereocenters. The monoisotopic (exact) mass is 384 g/mol. The maximum absolute atomic E-state index is 12.2. The highest BCUT2D eigenvalue weighted by Gasteiger charge is 2.05. The van der Waals surface area contributed by atoms with E-state index in [-0.39, 0.29) is 5.91 Å². The van der Waals surface area contributed by atoms with Crippen LogP contribution in [-0.4, -0.2) is 21.9 Å². The van der Waals surface area contributed by atoms with Crippen LogP contribution in [0.15, 0.2) is 84.1 Å². The highest BCUT2D eigenvalue weighted by Crippen LogP contribution is 2.21. The van der Waals surface area contributed by atoms with Gasteiger partial charge in [0.1, 0.15) is 12.4 Å². The van der Waals surface area contributed by atoms with Crippen LogP contribution < -0.4 is 10.2 Å². The Labute approximate surface area is 168 Å². The van der Waals surface area contributed by atoms with Gasteiger partial charge in [0, 0.05) is 18.8 Å². The summed E-state index contributed by atoms with van der Waals surface area (Å²) in [4.78, 5) is 12.2. The Kier molecular flexibility index (Phi) is 5.33. The number of aromatic nitrogens is 2. The molecule has 0 aliphatic carbocycles. The van der Waals surface area contributed by atoms with Gasteiger partial charge in [0.2, 0.25) is 0 Å². The Morgan fingerprint density at radius 3 is 2.62 bits per heavy atom. The lowest BCUT2D eigenvalue weighted by Gasteiger charge is -2.08. The number of benzene rings is 3. The van der Waals surface area contributed by atoms with Gasteiger partial charge < -0.3 is 4.74 Å². The fraction of sp³-hybridized carbons (Fsp3) is 0.0870. The third kappa shape index (κ3) is 4.50. The van der Waals surface area contributed by atoms with Crippen molar-refractivity contribution in [3.63, 3.8) is 0 Å². The molecule has 0 fully saturated rings. The van der Waals surface area contributed by atoms with E-state index in [0.29, 0.717) is 12.2 Å². The minimum Gasteiger partial charge on any atom is -0.489 e. The van der Waals surface area contributed by atoms with Crippen LogP contribution >= 0.6 is 0 Å². The third-order valence-electron chi connectivity index (χ3n) is 4.56. The summed E-state index contributed by atoms with van der Waals surface area (Å²) in [6, 6.07) is 23.3. The number of hydrogen-bond donors (Lipinski definition) is 1. The summed E-state index contributed by atoms with van der Waals surface area (Å²) in [6.07, 6.45) is 3.22. The molecule has 1 amide bonds. The van der Waals surface area contributed by atoms with Crippen LogP contribution in [0.5, 0.6) is 5.75 Å². The number of rotatable bonds is 6. The minimum absolute atomic E-state index is 0.273. The minimum atomic E-state index is -0.273. The molecule has 0 radical (unpaired) electrons. The van der Waals surface area contributed by atoms with E-state index in [0.717, 1.165) is 22.4 Å². The predicted molar refractivity (Wildman–Crippen MR) is 113 cm³/mol. The lowest BCUT2D eigenvalue weighted by atomic mass is 10.1. The molecule has 6 nitrogen and oxygen atoms in total. The van der Waals surface area contributed by atoms with Crippen LogP contribution in [0.25, 0.3) is 10.8 Å². The Morgan fingerprint density at radius 2 is 1.86 bits per heavy atom. The van der Waals surface area contributed by atoms with E-state index in [1.54, 1.807) is 35.3 Å². The van der Waals surface area contributed by atoms with Crippen LogP contribution in [0, 0.1) is 0 Å². The SMILES string of the molecule is Cn1nccc1/C=N\NC(=O)c1ccc(COc2ccc3ccccc3c2)cc1. The van der Waals surface area contributed by atoms with Crippen molar-refractivity contribution in [1.29, 1.82) is 0 Å². The number of carbonyl (C=O) groups excluding carboxylic acids is 1. The Hall–Kier alpha value is -3.93. The molecule has 0 atom stereocenters. The van der Waals surface area contributed by atoms with E-state index in [4.69, 9.17) is 4.74 Å². The van der Waals surface area contributed by atoms with E-state index in [1.807, 2.05) is 49.5 Å². The molecule has 29 heavy (non-hydrogen) atoms. The number of nitrogens with one attached hydrogen (secondary N) is 1. The topological polar surface area (TPSA) is 68.5 Å². The first kappa shape index (κ1) is 18.4. The molecule has 144 valence electrons. The largest absolute Gasteiger partial charge is 0.489 e. The second-order valence-corrected chi connectivity index (χ2v) is 6.57. The molecule has 4 rings (SSSR count). The van der Waals surface area contributed by atoms with E-state index in [1.165, 1.54) is 5.39 Å². The van der Waals surface area contributed by atoms with Crippen molar-refractivity contribution in [2.45, 2.75) is 6.61 Å². The number of amides is 1. The van der Waals surface area contributed by atoms with Crippen molar-refractivity contribution < 1.29 is 9.53 Å². The van der Waals surface area contributed by atoms with Crippen molar-refractivity contribution >= 4 is 22.9 Å². The smallest absolute Gasteiger partial charge is 0.271 e. The Bertz CT molecular complexity index is 1160. The molecule has 4 aromatic rings. The lowest BCUT2D eigenvalue weighted by Crippen LogP contribution is -2.17. The van der Waals surface area contributed by atoms with Crippen LogP contribution in [0.1, 0.15) is 21.6 Å². The van der Waals surface area contributed by atoms with Crippen molar-refractivity contribution in [2.75, 3.05) is 0 Å². The fourth-order valence-electron chi connectivity index (χ4n) is 2.91. The van der Waals surface area contributed by atoms with E-state index in [9.17, 15) is 4.79 Å². The second-order valence-electron chi connectivity index (χ2n) is 6.57. The summed E-state index contributed by atoms with van der Waals surface area (Å²) in [6.45, 7) is 0.429. The number of nitrogens with zero attached hydrogens (tertiary/aromatic N) is 3. The van der Waals surface area contributed by atoms with Gasteiger partial charge in [-0.15, -0.1) is 0 Å². The van der Waals surface area contributed by atoms with Gasteiger partial charge in [0.15, 0.2) is 0 Å². The molecular weight excluding hydrogens is 364 g/mol. The molecule has 0 bridgehead atoms. The van der Waals surface area contributed by atoms with Gasteiger partial charge >= 0.3 is 0 Å². The fourth-order valence-corrected chi connectivity index (χ4v) is 2.91. The zero-order valence-electron chi connectivity index (χ0n) is 15.9. The molecule has 0 aliphatic heterocycles. The van der Waals surface area contributed by atoms with Gasteiger partial charge in [-0.2, -0.15) is 10.2 Å². The molecule has 1 N–H and O–H groups in total. The van der Waals surface area contributed by atoms with E-state index < -0.39 is 0 Å². The number of carbonyl (C=O) groups is 1. The van der Waals surface area contributed by atoms with Crippen molar-refractivity contribution in [1.82, 2.24) is 15.2 Å². The molecule has 1 heterocycles. The number of ether oxygens (including phenoxy) is 1. The normalized spacial score (nSPS) is 11.1. The van der Waals surface area contributed by atoms with Crippen LogP contribution in [0.3, 0.4) is 0 Å². The summed E-state index contributed by atoms with van der Waals surface area (Å²) in [7, 11) is 1.81. The Morgan fingerprint density at radius 1 is 1.07 bits per heavy atom. The molecular formula is C23H20N4O2. The Balaban J connectivity index is 1.34. The molecule has 1 aromatic heterocycles. The maximum atomic E-state index is 12.2. The number of hydrazone groups is 1. The number of fused-ring (bicyclic) bond motifs is 1. The molecule has 3 aromatic carbocycles. The van der Waals surface area contributed by atoms with Gasteiger partial charge in [-0.05, 0) is 46.7 Å². The van der Waals surface area contributed by atoms with Crippen LogP contribution in [0.4, 0.5) is 0 Å². The predicted octanol–water partition coefficient (Wildman–Crippen LogP) is 3.92. The highest BCUT2D eigenvalue weighted by molar-refractivity contribution is 5.94. The summed E-state index contributed by atoms with van der Waals surface area (Å²) < 4.78 is 7.55. The third-order valence-corrected chi connectivity index (χ3v) is 4.56. The number of aryl methyl sites for hydroxylation is 1. The first-order valence-electron chi connectivity index (χ1n) is 9.21. The van der Waals surface area contributed by atoms with Gasteiger partial charge in [-0.1, -0.05) is 42.5 Å². The van der Waals surface area contributed by atoms with Gasteiger partial charge in [0.25, 0.3) is 5.91 Å². The van der Waals surface area contributed by atoms with Gasteiger partial charge in [-0.3, -0.25) is 9.48 Å². The maximum Gasteiger partial charge on any atom is 0.271 e. The average molecular weight is 384 g/mol. The van der Waals surface area contributed by atoms with Crippen LogP contribution in [-0.2, 0) is 13.7 Å². The van der Waals surface area contributed by atoms with Crippen molar-refractivity contribution in [2.24, 2.45) is 12.1 Å². The average Bonchev–Trinajstić information content (AvgIpc) is 3.17. The molecule has 0 saturated heterocycles. The molecule has 6 heteroatoms. The standard InChI is InChI=1S/C23H20N4O2/c1-27-21(12-13-25-27)15-24-26-23(28)19-8-6-17(7-9-19)16-29-22-11-10-18-4-2-3-5-20(18)14-22/h2-15H,16H2,1H3,(H,26,28)/b24-15-. The zero-order valence-corrected chi connectivity index (χ0v) is 15.9. The number of hydrogen-bond acceptors (Lipinski definition) is 4. The van der Waals surface area contributed by atoms with Crippen LogP contribution in [0.2, 0.25) is 0 Å². The zero-order chi connectivity index (χ0) is 20.1. The summed E-state index contributed by atoms with van der Waals surface area (Å²) in [5.74, 6) is 0.542.